The van der Waals surface area contributed by atoms with E-state index in [2.05, 4.69) is 0 Å². The summed E-state index contributed by atoms with van der Waals surface area (Å²) in [6, 6.07) is 0. The molecule has 0 saturated carbocycles. The summed E-state index contributed by atoms with van der Waals surface area (Å²) in [4.78, 5) is 0. The summed E-state index contributed by atoms with van der Waals surface area (Å²) in [5.74, 6) is 0. The van der Waals surface area contributed by atoms with E-state index in [4.69, 9.17) is 28.9 Å². The van der Waals surface area contributed by atoms with E-state index in [0.29, 0.717) is 10.0 Å². The first-order valence-corrected chi connectivity index (χ1v) is 5.54. The fraction of sp³-hybridized carbons (Fsp3) is 0.455. The quantitative estimate of drug-likeness (QED) is 0.766. The first kappa shape index (κ1) is 11.7. The second-order valence-electron chi connectivity index (χ2n) is 3.33. The third-order valence-electron chi connectivity index (χ3n) is 2.55. The van der Waals surface area contributed by atoms with Gasteiger partial charge in [-0.25, -0.2) is 0 Å². The Labute approximate surface area is 95.2 Å². The third-order valence-corrected chi connectivity index (χ3v) is 3.57. The summed E-state index contributed by atoms with van der Waals surface area (Å²) in [7, 11) is 0. The van der Waals surface area contributed by atoms with E-state index in [9.17, 15) is 0 Å². The predicted octanol–water partition coefficient (Wildman–Crippen LogP) is 4.01. The van der Waals surface area contributed by atoms with Crippen LogP contribution in [0.15, 0.2) is 0 Å². The molecule has 14 heavy (non-hydrogen) atoms. The van der Waals surface area contributed by atoms with Gasteiger partial charge in [-0.3, -0.25) is 0 Å². The Morgan fingerprint density at radius 2 is 1.36 bits per heavy atom. The lowest BCUT2D eigenvalue weighted by atomic mass is 10.00. The number of rotatable bonds is 2. The maximum Gasteiger partial charge on any atom is 0.0502 e. The first-order chi connectivity index (χ1) is 6.54. The molecule has 1 aromatic rings. The van der Waals surface area contributed by atoms with Crippen LogP contribution >= 0.6 is 23.2 Å². The van der Waals surface area contributed by atoms with Crippen LogP contribution < -0.4 is 5.73 Å². The summed E-state index contributed by atoms with van der Waals surface area (Å²) in [5.41, 5.74) is 9.74. The molecule has 0 bridgehead atoms. The molecule has 0 heterocycles. The molecule has 3 heteroatoms. The second-order valence-corrected chi connectivity index (χ2v) is 4.09. The monoisotopic (exact) mass is 231 g/mol. The number of anilines is 1. The molecule has 0 aliphatic carbocycles. The molecule has 2 N–H and O–H groups in total. The zero-order valence-electron chi connectivity index (χ0n) is 8.75. The van der Waals surface area contributed by atoms with E-state index in [1.165, 1.54) is 0 Å². The molecule has 0 radical (unpaired) electrons. The fourth-order valence-corrected chi connectivity index (χ4v) is 2.37. The van der Waals surface area contributed by atoms with Gasteiger partial charge >= 0.3 is 0 Å². The number of hydrogen-bond donors (Lipinski definition) is 1. The van der Waals surface area contributed by atoms with Crippen LogP contribution in [0, 0.1) is 6.92 Å². The minimum Gasteiger partial charge on any atom is -0.398 e. The van der Waals surface area contributed by atoms with Crippen molar-refractivity contribution in [1.82, 2.24) is 0 Å². The van der Waals surface area contributed by atoms with Crippen LogP contribution in [0.5, 0.6) is 0 Å². The van der Waals surface area contributed by atoms with Gasteiger partial charge in [-0.05, 0) is 36.5 Å². The summed E-state index contributed by atoms with van der Waals surface area (Å²) in [6.07, 6.45) is 1.69. The molecule has 0 spiro atoms. The SMILES string of the molecule is CCc1c(N)c(CC)c(Cl)c(C)c1Cl. The molecular formula is C11H15Cl2N. The van der Waals surface area contributed by atoms with Crippen LogP contribution in [0.25, 0.3) is 0 Å². The molecule has 0 fully saturated rings. The van der Waals surface area contributed by atoms with E-state index < -0.39 is 0 Å². The van der Waals surface area contributed by atoms with E-state index in [1.807, 2.05) is 20.8 Å². The van der Waals surface area contributed by atoms with Crippen molar-refractivity contribution in [2.75, 3.05) is 5.73 Å². The Hall–Kier alpha value is -0.400. The maximum atomic E-state index is 6.17. The van der Waals surface area contributed by atoms with Gasteiger partial charge in [0.05, 0.1) is 10.0 Å². The molecule has 1 nitrogen and oxygen atoms in total. The van der Waals surface area contributed by atoms with Crippen molar-refractivity contribution < 1.29 is 0 Å². The van der Waals surface area contributed by atoms with Crippen molar-refractivity contribution in [3.05, 3.63) is 26.7 Å². The molecule has 0 aliphatic heterocycles. The minimum absolute atomic E-state index is 0.715. The number of halogens is 2. The maximum absolute atomic E-state index is 6.17. The highest BCUT2D eigenvalue weighted by Gasteiger charge is 2.15. The lowest BCUT2D eigenvalue weighted by molar-refractivity contribution is 1.08. The molecule has 0 aromatic heterocycles. The average Bonchev–Trinajstić information content (AvgIpc) is 2.16. The van der Waals surface area contributed by atoms with Gasteiger partial charge in [0, 0.05) is 5.69 Å². The summed E-state index contributed by atoms with van der Waals surface area (Å²) in [5, 5.41) is 1.43. The zero-order chi connectivity index (χ0) is 10.9. The van der Waals surface area contributed by atoms with Gasteiger partial charge in [-0.2, -0.15) is 0 Å². The lowest BCUT2D eigenvalue weighted by Crippen LogP contribution is -2.02. The topological polar surface area (TPSA) is 26.0 Å². The Morgan fingerprint density at radius 3 is 1.64 bits per heavy atom. The van der Waals surface area contributed by atoms with Gasteiger partial charge < -0.3 is 5.73 Å². The smallest absolute Gasteiger partial charge is 0.0502 e. The van der Waals surface area contributed by atoms with Crippen LogP contribution in [-0.2, 0) is 12.8 Å². The van der Waals surface area contributed by atoms with Crippen molar-refractivity contribution in [3.8, 4) is 0 Å². The van der Waals surface area contributed by atoms with Gasteiger partial charge in [0.25, 0.3) is 0 Å². The standard InChI is InChI=1S/C11H15Cl2N/c1-4-7-9(12)6(3)10(13)8(5-2)11(7)14/h4-5,14H2,1-3H3. The number of nitrogen functional groups attached to an aromatic ring is 1. The highest BCUT2D eigenvalue weighted by Crippen LogP contribution is 2.36. The Kier molecular flexibility index (Phi) is 3.68. The molecule has 1 rings (SSSR count). The van der Waals surface area contributed by atoms with Crippen molar-refractivity contribution in [3.63, 3.8) is 0 Å². The fourth-order valence-electron chi connectivity index (χ4n) is 1.66. The van der Waals surface area contributed by atoms with Gasteiger partial charge in [0.15, 0.2) is 0 Å². The van der Waals surface area contributed by atoms with Crippen LogP contribution in [0.3, 0.4) is 0 Å². The van der Waals surface area contributed by atoms with Crippen LogP contribution in [0.1, 0.15) is 30.5 Å². The van der Waals surface area contributed by atoms with Crippen molar-refractivity contribution >= 4 is 28.9 Å². The Morgan fingerprint density at radius 1 is 1.00 bits per heavy atom. The van der Waals surface area contributed by atoms with Crippen LogP contribution in [0.4, 0.5) is 5.69 Å². The largest absolute Gasteiger partial charge is 0.398 e. The highest BCUT2D eigenvalue weighted by atomic mass is 35.5. The number of hydrogen-bond acceptors (Lipinski definition) is 1. The Balaban J connectivity index is 3.56. The van der Waals surface area contributed by atoms with Gasteiger partial charge in [0.1, 0.15) is 0 Å². The van der Waals surface area contributed by atoms with E-state index in [-0.39, 0.29) is 0 Å². The highest BCUT2D eigenvalue weighted by molar-refractivity contribution is 6.37. The molecule has 0 saturated heterocycles. The summed E-state index contributed by atoms with van der Waals surface area (Å²) >= 11 is 12.3. The van der Waals surface area contributed by atoms with Crippen LogP contribution in [-0.4, -0.2) is 0 Å². The molecular weight excluding hydrogens is 217 g/mol. The van der Waals surface area contributed by atoms with Crippen molar-refractivity contribution in [1.29, 1.82) is 0 Å². The van der Waals surface area contributed by atoms with E-state index in [0.717, 1.165) is 35.2 Å². The first-order valence-electron chi connectivity index (χ1n) is 4.79. The van der Waals surface area contributed by atoms with Gasteiger partial charge in [0.2, 0.25) is 0 Å². The van der Waals surface area contributed by atoms with Crippen molar-refractivity contribution in [2.24, 2.45) is 0 Å². The Bertz CT molecular complexity index is 328. The molecule has 78 valence electrons. The number of benzene rings is 1. The summed E-state index contributed by atoms with van der Waals surface area (Å²) < 4.78 is 0. The van der Waals surface area contributed by atoms with Crippen molar-refractivity contribution in [2.45, 2.75) is 33.6 Å². The number of nitrogens with two attached hydrogens (primary N) is 1. The molecule has 0 aliphatic rings. The molecule has 0 amide bonds. The zero-order valence-corrected chi connectivity index (χ0v) is 10.3. The van der Waals surface area contributed by atoms with Gasteiger partial charge in [-0.15, -0.1) is 0 Å². The van der Waals surface area contributed by atoms with Crippen LogP contribution in [0.2, 0.25) is 10.0 Å². The predicted molar refractivity (Wildman–Crippen MR) is 64.4 cm³/mol. The third kappa shape index (κ3) is 1.71. The van der Waals surface area contributed by atoms with E-state index >= 15 is 0 Å². The summed E-state index contributed by atoms with van der Waals surface area (Å²) in [6.45, 7) is 6.02. The minimum atomic E-state index is 0.715. The van der Waals surface area contributed by atoms with E-state index in [1.54, 1.807) is 0 Å². The molecule has 1 aromatic carbocycles. The average molecular weight is 232 g/mol. The lowest BCUT2D eigenvalue weighted by Gasteiger charge is -2.15. The van der Waals surface area contributed by atoms with Gasteiger partial charge in [-0.1, -0.05) is 37.0 Å². The second kappa shape index (κ2) is 4.41. The molecule has 0 atom stereocenters. The normalized spacial score (nSPS) is 10.6. The molecule has 0 unspecified atom stereocenters.